The van der Waals surface area contributed by atoms with Gasteiger partial charge in [-0.15, -0.1) is 0 Å². The number of ether oxygens (including phenoxy) is 1. The van der Waals surface area contributed by atoms with Crippen molar-refractivity contribution in [2.24, 2.45) is 0 Å². The molecule has 0 aliphatic rings. The second kappa shape index (κ2) is 13.4. The van der Waals surface area contributed by atoms with E-state index in [4.69, 9.17) is 4.74 Å². The molecule has 4 aromatic rings. The Morgan fingerprint density at radius 3 is 2.55 bits per heavy atom. The van der Waals surface area contributed by atoms with Gasteiger partial charge in [-0.25, -0.2) is 0 Å². The second-order valence-corrected chi connectivity index (χ2v) is 9.52. The summed E-state index contributed by atoms with van der Waals surface area (Å²) in [7, 11) is 0. The number of rotatable bonds is 12. The molecule has 0 bridgehead atoms. The second-order valence-electron chi connectivity index (χ2n) is 9.52. The highest BCUT2D eigenvalue weighted by molar-refractivity contribution is 5.73. The number of aliphatic hydroxyl groups is 1. The van der Waals surface area contributed by atoms with Crippen molar-refractivity contribution in [3.05, 3.63) is 113 Å². The molecule has 8 nitrogen and oxygen atoms in total. The number of aliphatic carboxylic acids is 1. The SMILES string of the molecule is Cc1cc(CN[C@H](CO)C(=O)O)c(OCc2cncc(C#N)c2)cc1NCc1cccc(-c2ccccc2)c1C. The predicted octanol–water partition coefficient (Wildman–Crippen LogP) is 4.96. The molecule has 4 N–H and O–H groups in total. The van der Waals surface area contributed by atoms with E-state index in [0.29, 0.717) is 17.9 Å². The Kier molecular flexibility index (Phi) is 9.47. The molecule has 0 saturated heterocycles. The number of carboxylic acids is 1. The van der Waals surface area contributed by atoms with Crippen molar-refractivity contribution in [2.45, 2.75) is 39.6 Å². The average molecular weight is 537 g/mol. The quantitative estimate of drug-likeness (QED) is 0.200. The zero-order chi connectivity index (χ0) is 28.5. The number of carboxylic acid groups (broad SMARTS) is 1. The van der Waals surface area contributed by atoms with E-state index in [-0.39, 0.29) is 13.2 Å². The first-order valence-electron chi connectivity index (χ1n) is 12.9. The van der Waals surface area contributed by atoms with Gasteiger partial charge in [0.25, 0.3) is 0 Å². The molecular weight excluding hydrogens is 504 g/mol. The number of carbonyl (C=O) groups is 1. The summed E-state index contributed by atoms with van der Waals surface area (Å²) < 4.78 is 6.16. The van der Waals surface area contributed by atoms with Crippen LogP contribution < -0.4 is 15.4 Å². The van der Waals surface area contributed by atoms with Crippen molar-refractivity contribution in [1.29, 1.82) is 5.26 Å². The molecule has 0 fully saturated rings. The van der Waals surface area contributed by atoms with Gasteiger partial charge in [-0.2, -0.15) is 5.26 Å². The zero-order valence-electron chi connectivity index (χ0n) is 22.5. The molecule has 1 aromatic heterocycles. The van der Waals surface area contributed by atoms with E-state index in [2.05, 4.69) is 58.9 Å². The van der Waals surface area contributed by atoms with Crippen molar-refractivity contribution < 1.29 is 19.7 Å². The largest absolute Gasteiger partial charge is 0.488 e. The van der Waals surface area contributed by atoms with E-state index in [1.165, 1.54) is 28.5 Å². The van der Waals surface area contributed by atoms with Crippen LogP contribution in [0, 0.1) is 25.2 Å². The predicted molar refractivity (Wildman–Crippen MR) is 154 cm³/mol. The lowest BCUT2D eigenvalue weighted by Crippen LogP contribution is -2.39. The third-order valence-electron chi connectivity index (χ3n) is 6.75. The maximum atomic E-state index is 11.4. The lowest BCUT2D eigenvalue weighted by Gasteiger charge is -2.19. The third-order valence-corrected chi connectivity index (χ3v) is 6.75. The monoisotopic (exact) mass is 536 g/mol. The van der Waals surface area contributed by atoms with Crippen LogP contribution in [0.25, 0.3) is 11.1 Å². The number of nitrogens with zero attached hydrogens (tertiary/aromatic N) is 2. The van der Waals surface area contributed by atoms with Gasteiger partial charge in [0.05, 0.1) is 12.2 Å². The van der Waals surface area contributed by atoms with Crippen LogP contribution >= 0.6 is 0 Å². The molecule has 0 saturated carbocycles. The average Bonchev–Trinajstić information content (AvgIpc) is 2.97. The molecule has 1 atom stereocenters. The van der Waals surface area contributed by atoms with Crippen LogP contribution in [0.1, 0.15) is 33.4 Å². The number of hydrogen-bond donors (Lipinski definition) is 4. The number of aryl methyl sites for hydroxylation is 1. The van der Waals surface area contributed by atoms with Gasteiger partial charge in [0.15, 0.2) is 0 Å². The smallest absolute Gasteiger partial charge is 0.323 e. The summed E-state index contributed by atoms with van der Waals surface area (Å²) in [6, 6.07) is 23.1. The highest BCUT2D eigenvalue weighted by Gasteiger charge is 2.17. The van der Waals surface area contributed by atoms with Gasteiger partial charge < -0.3 is 20.3 Å². The van der Waals surface area contributed by atoms with Crippen LogP contribution in [0.3, 0.4) is 0 Å². The molecule has 4 rings (SSSR count). The van der Waals surface area contributed by atoms with E-state index >= 15 is 0 Å². The molecule has 0 amide bonds. The van der Waals surface area contributed by atoms with Gasteiger partial charge in [-0.1, -0.05) is 48.5 Å². The summed E-state index contributed by atoms with van der Waals surface area (Å²) in [5.41, 5.74) is 8.49. The summed E-state index contributed by atoms with van der Waals surface area (Å²) in [4.78, 5) is 15.5. The first kappa shape index (κ1) is 28.3. The Balaban J connectivity index is 1.58. The van der Waals surface area contributed by atoms with E-state index in [1.54, 1.807) is 12.3 Å². The van der Waals surface area contributed by atoms with E-state index in [0.717, 1.165) is 22.4 Å². The standard InChI is InChI=1S/C32H32N4O4/c1-21-11-27(18-36-30(19-37)32(38)39)31(40-20-24-12-23(14-33)15-34-16-24)13-29(21)35-17-26-9-6-10-28(22(26)2)25-7-4-3-5-8-25/h3-13,15-16,30,35-37H,17-20H2,1-2H3,(H,38,39)/t30-/m1/s1. The molecule has 3 aromatic carbocycles. The van der Waals surface area contributed by atoms with Crippen LogP contribution in [0.2, 0.25) is 0 Å². The van der Waals surface area contributed by atoms with Crippen molar-refractivity contribution in [3.8, 4) is 22.9 Å². The van der Waals surface area contributed by atoms with E-state index in [1.807, 2.05) is 37.3 Å². The van der Waals surface area contributed by atoms with E-state index < -0.39 is 18.6 Å². The van der Waals surface area contributed by atoms with Gasteiger partial charge in [0, 0.05) is 48.4 Å². The molecule has 1 heterocycles. The highest BCUT2D eigenvalue weighted by Crippen LogP contribution is 2.30. The van der Waals surface area contributed by atoms with Gasteiger partial charge in [0.2, 0.25) is 0 Å². The number of anilines is 1. The molecule has 40 heavy (non-hydrogen) atoms. The molecular formula is C32H32N4O4. The van der Waals surface area contributed by atoms with Crippen molar-refractivity contribution >= 4 is 11.7 Å². The number of hydrogen-bond acceptors (Lipinski definition) is 7. The highest BCUT2D eigenvalue weighted by atomic mass is 16.5. The lowest BCUT2D eigenvalue weighted by atomic mass is 9.96. The number of nitriles is 1. The molecule has 204 valence electrons. The summed E-state index contributed by atoms with van der Waals surface area (Å²) in [6.07, 6.45) is 3.13. The Hall–Kier alpha value is -4.71. The number of aromatic nitrogens is 1. The van der Waals surface area contributed by atoms with Crippen LogP contribution in [-0.2, 0) is 24.5 Å². The van der Waals surface area contributed by atoms with Crippen LogP contribution in [-0.4, -0.2) is 33.8 Å². The first-order chi connectivity index (χ1) is 19.4. The van der Waals surface area contributed by atoms with Gasteiger partial charge in [-0.05, 0) is 53.8 Å². The molecule has 8 heteroatoms. The summed E-state index contributed by atoms with van der Waals surface area (Å²) >= 11 is 0. The number of benzene rings is 3. The number of aliphatic hydroxyl groups excluding tert-OH is 1. The molecule has 0 radical (unpaired) electrons. The fraction of sp³-hybridized carbons (Fsp3) is 0.219. The van der Waals surface area contributed by atoms with Crippen LogP contribution in [0.15, 0.2) is 79.1 Å². The topological polar surface area (TPSA) is 128 Å². The van der Waals surface area contributed by atoms with Crippen molar-refractivity contribution in [2.75, 3.05) is 11.9 Å². The molecule has 0 unspecified atom stereocenters. The molecule has 0 aliphatic heterocycles. The minimum atomic E-state index is -1.13. The van der Waals surface area contributed by atoms with Gasteiger partial charge in [-0.3, -0.25) is 15.1 Å². The first-order valence-corrected chi connectivity index (χ1v) is 12.9. The fourth-order valence-corrected chi connectivity index (χ4v) is 4.46. The number of pyridine rings is 1. The maximum Gasteiger partial charge on any atom is 0.323 e. The van der Waals surface area contributed by atoms with Crippen LogP contribution in [0.4, 0.5) is 5.69 Å². The van der Waals surface area contributed by atoms with E-state index in [9.17, 15) is 20.3 Å². The Morgan fingerprint density at radius 1 is 1.02 bits per heavy atom. The lowest BCUT2D eigenvalue weighted by molar-refractivity contribution is -0.140. The fourth-order valence-electron chi connectivity index (χ4n) is 4.46. The minimum absolute atomic E-state index is 0.179. The summed E-state index contributed by atoms with van der Waals surface area (Å²) in [5, 5.41) is 34.3. The Morgan fingerprint density at radius 2 is 1.82 bits per heavy atom. The molecule has 0 aliphatic carbocycles. The normalized spacial score (nSPS) is 11.4. The number of nitrogens with one attached hydrogen (secondary N) is 2. The Bertz CT molecular complexity index is 1520. The summed E-state index contributed by atoms with van der Waals surface area (Å²) in [6.45, 7) is 4.53. The van der Waals surface area contributed by atoms with Gasteiger partial charge >= 0.3 is 5.97 Å². The van der Waals surface area contributed by atoms with Crippen molar-refractivity contribution in [3.63, 3.8) is 0 Å². The molecule has 0 spiro atoms. The minimum Gasteiger partial charge on any atom is -0.488 e. The zero-order valence-corrected chi connectivity index (χ0v) is 22.5. The van der Waals surface area contributed by atoms with Gasteiger partial charge in [0.1, 0.15) is 24.5 Å². The van der Waals surface area contributed by atoms with Crippen LogP contribution in [0.5, 0.6) is 5.75 Å². The third kappa shape index (κ3) is 7.03. The summed E-state index contributed by atoms with van der Waals surface area (Å²) in [5.74, 6) is -0.577. The Labute approximate surface area is 233 Å². The van der Waals surface area contributed by atoms with Crippen molar-refractivity contribution in [1.82, 2.24) is 10.3 Å². The maximum absolute atomic E-state index is 11.4.